The summed E-state index contributed by atoms with van der Waals surface area (Å²) in [7, 11) is 2.08. The summed E-state index contributed by atoms with van der Waals surface area (Å²) in [6.07, 6.45) is 3.80. The number of benzene rings is 1. The van der Waals surface area contributed by atoms with E-state index < -0.39 is 0 Å². The van der Waals surface area contributed by atoms with Crippen molar-refractivity contribution in [2.45, 2.75) is 38.1 Å². The lowest BCUT2D eigenvalue weighted by atomic mass is 9.92. The SMILES string of the molecule is CCC(NC)C1CCc2ccccc21. The molecule has 1 heteroatoms. The number of nitrogens with one attached hydrogen (secondary N) is 1. The quantitative estimate of drug-likeness (QED) is 0.771. The maximum Gasteiger partial charge on any atom is 0.0130 e. The van der Waals surface area contributed by atoms with Crippen molar-refractivity contribution >= 4 is 0 Å². The first-order valence-corrected chi connectivity index (χ1v) is 5.62. The molecule has 76 valence electrons. The fourth-order valence-electron chi connectivity index (χ4n) is 2.70. The molecule has 1 aromatic carbocycles. The van der Waals surface area contributed by atoms with Gasteiger partial charge >= 0.3 is 0 Å². The van der Waals surface area contributed by atoms with Crippen LogP contribution in [0.2, 0.25) is 0 Å². The van der Waals surface area contributed by atoms with Crippen LogP contribution in [0.15, 0.2) is 24.3 Å². The standard InChI is InChI=1S/C13H19N/c1-3-13(14-2)12-9-8-10-6-4-5-7-11(10)12/h4-7,12-14H,3,8-9H2,1-2H3. The zero-order valence-electron chi connectivity index (χ0n) is 9.09. The second kappa shape index (κ2) is 4.14. The smallest absolute Gasteiger partial charge is 0.0130 e. The molecule has 1 nitrogen and oxygen atoms in total. The van der Waals surface area contributed by atoms with Crippen LogP contribution in [0.5, 0.6) is 0 Å². The minimum Gasteiger partial charge on any atom is -0.316 e. The second-order valence-corrected chi connectivity index (χ2v) is 4.15. The van der Waals surface area contributed by atoms with E-state index in [1.165, 1.54) is 19.3 Å². The maximum atomic E-state index is 3.43. The summed E-state index contributed by atoms with van der Waals surface area (Å²) in [5.41, 5.74) is 3.14. The number of rotatable bonds is 3. The topological polar surface area (TPSA) is 12.0 Å². The van der Waals surface area contributed by atoms with E-state index in [2.05, 4.69) is 43.6 Å². The van der Waals surface area contributed by atoms with Gasteiger partial charge in [0.2, 0.25) is 0 Å². The number of likely N-dealkylation sites (N-methyl/N-ethyl adjacent to an activating group) is 1. The molecule has 0 amide bonds. The zero-order chi connectivity index (χ0) is 9.97. The Morgan fingerprint density at radius 3 is 2.93 bits per heavy atom. The zero-order valence-corrected chi connectivity index (χ0v) is 9.09. The highest BCUT2D eigenvalue weighted by Gasteiger charge is 2.27. The predicted molar refractivity (Wildman–Crippen MR) is 60.6 cm³/mol. The van der Waals surface area contributed by atoms with Gasteiger partial charge < -0.3 is 5.32 Å². The predicted octanol–water partition coefficient (Wildman–Crippen LogP) is 2.71. The molecular weight excluding hydrogens is 170 g/mol. The summed E-state index contributed by atoms with van der Waals surface area (Å²) in [6.45, 7) is 2.27. The minimum atomic E-state index is 0.652. The van der Waals surface area contributed by atoms with Crippen LogP contribution in [0, 0.1) is 0 Å². The molecule has 1 aromatic rings. The fraction of sp³-hybridized carbons (Fsp3) is 0.538. The van der Waals surface area contributed by atoms with Gasteiger partial charge in [0, 0.05) is 6.04 Å². The molecule has 0 saturated heterocycles. The molecule has 14 heavy (non-hydrogen) atoms. The van der Waals surface area contributed by atoms with Crippen LogP contribution in [0.1, 0.15) is 36.8 Å². The Labute approximate surface area is 86.5 Å². The molecule has 0 spiro atoms. The summed E-state index contributed by atoms with van der Waals surface area (Å²) in [5, 5.41) is 3.43. The van der Waals surface area contributed by atoms with Gasteiger partial charge in [-0.05, 0) is 43.4 Å². The van der Waals surface area contributed by atoms with Gasteiger partial charge in [0.05, 0.1) is 0 Å². The lowest BCUT2D eigenvalue weighted by Gasteiger charge is -2.22. The highest BCUT2D eigenvalue weighted by molar-refractivity contribution is 5.35. The molecule has 0 aromatic heterocycles. The molecule has 0 radical (unpaired) electrons. The van der Waals surface area contributed by atoms with Crippen LogP contribution < -0.4 is 5.32 Å². The number of fused-ring (bicyclic) bond motifs is 1. The average molecular weight is 189 g/mol. The molecular formula is C13H19N. The van der Waals surface area contributed by atoms with Gasteiger partial charge in [-0.15, -0.1) is 0 Å². The summed E-state index contributed by atoms with van der Waals surface area (Å²) in [5.74, 6) is 0.737. The molecule has 2 unspecified atom stereocenters. The van der Waals surface area contributed by atoms with E-state index in [0.717, 1.165) is 5.92 Å². The Balaban J connectivity index is 2.25. The molecule has 0 bridgehead atoms. The van der Waals surface area contributed by atoms with Crippen LogP contribution in [0.4, 0.5) is 0 Å². The van der Waals surface area contributed by atoms with E-state index in [9.17, 15) is 0 Å². The van der Waals surface area contributed by atoms with Crippen molar-refractivity contribution in [1.29, 1.82) is 0 Å². The van der Waals surface area contributed by atoms with Crippen molar-refractivity contribution < 1.29 is 0 Å². The van der Waals surface area contributed by atoms with Crippen molar-refractivity contribution in [3.05, 3.63) is 35.4 Å². The third kappa shape index (κ3) is 1.57. The van der Waals surface area contributed by atoms with Crippen molar-refractivity contribution in [3.63, 3.8) is 0 Å². The summed E-state index contributed by atoms with van der Waals surface area (Å²) < 4.78 is 0. The van der Waals surface area contributed by atoms with E-state index >= 15 is 0 Å². The molecule has 0 heterocycles. The van der Waals surface area contributed by atoms with E-state index in [1.807, 2.05) is 0 Å². The summed E-state index contributed by atoms with van der Waals surface area (Å²) in [4.78, 5) is 0. The summed E-state index contributed by atoms with van der Waals surface area (Å²) >= 11 is 0. The molecule has 0 saturated carbocycles. The molecule has 1 aliphatic rings. The van der Waals surface area contributed by atoms with Crippen LogP contribution in [-0.4, -0.2) is 13.1 Å². The fourth-order valence-corrected chi connectivity index (χ4v) is 2.70. The number of aryl methyl sites for hydroxylation is 1. The minimum absolute atomic E-state index is 0.652. The van der Waals surface area contributed by atoms with E-state index in [1.54, 1.807) is 11.1 Å². The average Bonchev–Trinajstić information content (AvgIpc) is 2.65. The second-order valence-electron chi connectivity index (χ2n) is 4.15. The van der Waals surface area contributed by atoms with E-state index in [4.69, 9.17) is 0 Å². The van der Waals surface area contributed by atoms with Crippen LogP contribution in [-0.2, 0) is 6.42 Å². The monoisotopic (exact) mass is 189 g/mol. The molecule has 1 N–H and O–H groups in total. The van der Waals surface area contributed by atoms with Crippen molar-refractivity contribution in [2.24, 2.45) is 0 Å². The third-order valence-corrected chi connectivity index (χ3v) is 3.48. The van der Waals surface area contributed by atoms with Crippen LogP contribution >= 0.6 is 0 Å². The Kier molecular flexibility index (Phi) is 2.87. The largest absolute Gasteiger partial charge is 0.316 e. The molecule has 2 rings (SSSR count). The van der Waals surface area contributed by atoms with Crippen molar-refractivity contribution in [1.82, 2.24) is 5.32 Å². The molecule has 0 fully saturated rings. The first-order valence-electron chi connectivity index (χ1n) is 5.62. The Morgan fingerprint density at radius 1 is 1.43 bits per heavy atom. The highest BCUT2D eigenvalue weighted by atomic mass is 14.9. The van der Waals surface area contributed by atoms with Gasteiger partial charge in [-0.3, -0.25) is 0 Å². The number of hydrogen-bond acceptors (Lipinski definition) is 1. The Bertz CT molecular complexity index is 302. The van der Waals surface area contributed by atoms with Crippen molar-refractivity contribution in [3.8, 4) is 0 Å². The van der Waals surface area contributed by atoms with E-state index in [-0.39, 0.29) is 0 Å². The Hall–Kier alpha value is -0.820. The molecule has 2 atom stereocenters. The molecule has 0 aliphatic heterocycles. The van der Waals surface area contributed by atoms with Gasteiger partial charge in [-0.2, -0.15) is 0 Å². The van der Waals surface area contributed by atoms with Gasteiger partial charge in [-0.25, -0.2) is 0 Å². The van der Waals surface area contributed by atoms with Crippen molar-refractivity contribution in [2.75, 3.05) is 7.05 Å². The molecule has 1 aliphatic carbocycles. The highest BCUT2D eigenvalue weighted by Crippen LogP contribution is 2.35. The van der Waals surface area contributed by atoms with Gasteiger partial charge in [0.25, 0.3) is 0 Å². The first kappa shape index (κ1) is 9.72. The van der Waals surface area contributed by atoms with Gasteiger partial charge in [0.1, 0.15) is 0 Å². The van der Waals surface area contributed by atoms with Gasteiger partial charge in [-0.1, -0.05) is 31.2 Å². The third-order valence-electron chi connectivity index (χ3n) is 3.48. The summed E-state index contributed by atoms with van der Waals surface area (Å²) in [6, 6.07) is 9.55. The van der Waals surface area contributed by atoms with Gasteiger partial charge in [0.15, 0.2) is 0 Å². The lowest BCUT2D eigenvalue weighted by molar-refractivity contribution is 0.447. The normalized spacial score (nSPS) is 22.0. The van der Waals surface area contributed by atoms with E-state index in [0.29, 0.717) is 6.04 Å². The Morgan fingerprint density at radius 2 is 2.21 bits per heavy atom. The maximum absolute atomic E-state index is 3.43. The lowest BCUT2D eigenvalue weighted by Crippen LogP contribution is -2.30. The number of hydrogen-bond donors (Lipinski definition) is 1. The van der Waals surface area contributed by atoms with Crippen LogP contribution in [0.3, 0.4) is 0 Å². The van der Waals surface area contributed by atoms with Crippen LogP contribution in [0.25, 0.3) is 0 Å². The first-order chi connectivity index (χ1) is 6.86.